The van der Waals surface area contributed by atoms with Crippen molar-refractivity contribution in [2.24, 2.45) is 4.99 Å². The quantitative estimate of drug-likeness (QED) is 0.524. The molecule has 8 heteroatoms. The highest BCUT2D eigenvalue weighted by atomic mass is 32.1. The van der Waals surface area contributed by atoms with Crippen LogP contribution in [-0.2, 0) is 9.53 Å². The van der Waals surface area contributed by atoms with Gasteiger partial charge in [0.25, 0.3) is 5.56 Å². The third-order valence-corrected chi connectivity index (χ3v) is 6.34. The van der Waals surface area contributed by atoms with Crippen molar-refractivity contribution in [2.75, 3.05) is 20.8 Å². The summed E-state index contributed by atoms with van der Waals surface area (Å²) in [6, 6.07) is 14.2. The molecule has 0 saturated heterocycles. The molecule has 4 rings (SSSR count). The minimum Gasteiger partial charge on any atom is -0.497 e. The van der Waals surface area contributed by atoms with E-state index in [4.69, 9.17) is 14.2 Å². The Morgan fingerprint density at radius 2 is 1.91 bits per heavy atom. The average molecular weight is 465 g/mol. The van der Waals surface area contributed by atoms with Crippen molar-refractivity contribution in [3.8, 4) is 11.5 Å². The van der Waals surface area contributed by atoms with Crippen molar-refractivity contribution in [1.29, 1.82) is 0 Å². The lowest BCUT2D eigenvalue weighted by atomic mass is 9.96. The van der Waals surface area contributed by atoms with Crippen LogP contribution >= 0.6 is 11.3 Å². The molecule has 0 spiro atoms. The van der Waals surface area contributed by atoms with E-state index >= 15 is 0 Å². The SMILES string of the molecule is CCOC(=O)C1=C(C)N=c2s/c(=C/c3ccc(OC)cc3OC)c(=O)n2[C@H]1c1ccccc1. The molecule has 0 unspecified atom stereocenters. The van der Waals surface area contributed by atoms with E-state index < -0.39 is 12.0 Å². The zero-order valence-corrected chi connectivity index (χ0v) is 19.6. The molecule has 0 N–H and O–H groups in total. The van der Waals surface area contributed by atoms with E-state index in [-0.39, 0.29) is 12.2 Å². The molecule has 0 fully saturated rings. The summed E-state index contributed by atoms with van der Waals surface area (Å²) >= 11 is 1.27. The van der Waals surface area contributed by atoms with Crippen LogP contribution in [0.1, 0.15) is 31.0 Å². The first kappa shape index (κ1) is 22.5. The number of hydrogen-bond donors (Lipinski definition) is 0. The molecule has 0 aliphatic carbocycles. The summed E-state index contributed by atoms with van der Waals surface area (Å²) in [5.41, 5.74) is 2.21. The van der Waals surface area contributed by atoms with Crippen LogP contribution in [0.4, 0.5) is 0 Å². The Morgan fingerprint density at radius 1 is 1.15 bits per heavy atom. The number of allylic oxidation sites excluding steroid dienone is 1. The number of carbonyl (C=O) groups excluding carboxylic acids is 1. The number of hydrogen-bond acceptors (Lipinski definition) is 7. The fourth-order valence-corrected chi connectivity index (χ4v) is 4.86. The molecule has 7 nitrogen and oxygen atoms in total. The first-order chi connectivity index (χ1) is 16.0. The highest BCUT2D eigenvalue weighted by Gasteiger charge is 2.33. The lowest BCUT2D eigenvalue weighted by molar-refractivity contribution is -0.139. The van der Waals surface area contributed by atoms with Gasteiger partial charge in [0.05, 0.1) is 42.7 Å². The Morgan fingerprint density at radius 3 is 2.58 bits per heavy atom. The Bertz CT molecular complexity index is 1400. The van der Waals surface area contributed by atoms with Crippen LogP contribution in [0.3, 0.4) is 0 Å². The number of thiazole rings is 1. The van der Waals surface area contributed by atoms with E-state index in [1.54, 1.807) is 50.8 Å². The van der Waals surface area contributed by atoms with Crippen LogP contribution in [0.15, 0.2) is 69.6 Å². The van der Waals surface area contributed by atoms with Crippen molar-refractivity contribution < 1.29 is 19.0 Å². The average Bonchev–Trinajstić information content (AvgIpc) is 3.13. The summed E-state index contributed by atoms with van der Waals surface area (Å²) in [5, 5.41) is 0. The van der Waals surface area contributed by atoms with Gasteiger partial charge in [0.15, 0.2) is 4.80 Å². The third kappa shape index (κ3) is 4.21. The molecule has 3 aromatic rings. The summed E-state index contributed by atoms with van der Waals surface area (Å²) in [6.45, 7) is 3.76. The monoisotopic (exact) mass is 464 g/mol. The highest BCUT2D eigenvalue weighted by Crippen LogP contribution is 2.30. The fraction of sp³-hybridized carbons (Fsp3) is 0.240. The van der Waals surface area contributed by atoms with E-state index in [0.29, 0.717) is 32.1 Å². The number of esters is 1. The molecule has 1 aliphatic heterocycles. The smallest absolute Gasteiger partial charge is 0.338 e. The standard InChI is InChI=1S/C25H24N2O5S/c1-5-32-24(29)21-15(2)26-25-27(22(21)16-9-7-6-8-10-16)23(28)20(33-25)13-17-11-12-18(30-3)14-19(17)31-4/h6-14,22H,5H2,1-4H3/b20-13+/t22-/m0/s1. The second-order valence-corrected chi connectivity index (χ2v) is 8.33. The van der Waals surface area contributed by atoms with E-state index in [1.807, 2.05) is 36.4 Å². The van der Waals surface area contributed by atoms with E-state index in [2.05, 4.69) is 4.99 Å². The Balaban J connectivity index is 1.94. The summed E-state index contributed by atoms with van der Waals surface area (Å²) in [7, 11) is 3.15. The normalized spacial score (nSPS) is 15.6. The van der Waals surface area contributed by atoms with Crippen molar-refractivity contribution in [2.45, 2.75) is 19.9 Å². The molecule has 0 saturated carbocycles. The maximum absolute atomic E-state index is 13.6. The number of rotatable bonds is 6. The summed E-state index contributed by atoms with van der Waals surface area (Å²) in [5.74, 6) is 0.770. The second-order valence-electron chi connectivity index (χ2n) is 7.32. The van der Waals surface area contributed by atoms with Crippen molar-refractivity contribution in [3.63, 3.8) is 0 Å². The van der Waals surface area contributed by atoms with Gasteiger partial charge in [-0.1, -0.05) is 41.7 Å². The summed E-state index contributed by atoms with van der Waals surface area (Å²) < 4.78 is 18.1. The number of nitrogens with zero attached hydrogens (tertiary/aromatic N) is 2. The summed E-state index contributed by atoms with van der Waals surface area (Å²) in [4.78, 5) is 31.6. The molecule has 1 aliphatic rings. The number of carbonyl (C=O) groups is 1. The van der Waals surface area contributed by atoms with Gasteiger partial charge < -0.3 is 14.2 Å². The van der Waals surface area contributed by atoms with Crippen LogP contribution in [-0.4, -0.2) is 31.4 Å². The number of benzene rings is 2. The number of aromatic nitrogens is 1. The molecular formula is C25H24N2O5S. The number of ether oxygens (including phenoxy) is 3. The van der Waals surface area contributed by atoms with Gasteiger partial charge in [-0.25, -0.2) is 9.79 Å². The van der Waals surface area contributed by atoms with Gasteiger partial charge in [0.2, 0.25) is 0 Å². The zero-order chi connectivity index (χ0) is 23.5. The molecule has 1 aromatic heterocycles. The van der Waals surface area contributed by atoms with Gasteiger partial charge in [0, 0.05) is 11.6 Å². The molecule has 0 amide bonds. The highest BCUT2D eigenvalue weighted by molar-refractivity contribution is 7.07. The summed E-state index contributed by atoms with van der Waals surface area (Å²) in [6.07, 6.45) is 1.77. The molecule has 2 aromatic carbocycles. The Kier molecular flexibility index (Phi) is 6.46. The van der Waals surface area contributed by atoms with Gasteiger partial charge in [0.1, 0.15) is 11.5 Å². The predicted molar refractivity (Wildman–Crippen MR) is 126 cm³/mol. The molecular weight excluding hydrogens is 440 g/mol. The topological polar surface area (TPSA) is 79.1 Å². The zero-order valence-electron chi connectivity index (χ0n) is 18.8. The predicted octanol–water partition coefficient (Wildman–Crippen LogP) is 2.82. The van der Waals surface area contributed by atoms with Crippen LogP contribution in [0, 0.1) is 0 Å². The largest absolute Gasteiger partial charge is 0.497 e. The molecule has 33 heavy (non-hydrogen) atoms. The van der Waals surface area contributed by atoms with E-state index in [0.717, 1.165) is 11.1 Å². The van der Waals surface area contributed by atoms with Crippen LogP contribution in [0.5, 0.6) is 11.5 Å². The van der Waals surface area contributed by atoms with Gasteiger partial charge in [-0.15, -0.1) is 0 Å². The maximum Gasteiger partial charge on any atom is 0.338 e. The van der Waals surface area contributed by atoms with Gasteiger partial charge >= 0.3 is 5.97 Å². The lowest BCUT2D eigenvalue weighted by Gasteiger charge is -2.24. The minimum atomic E-state index is -0.624. The van der Waals surface area contributed by atoms with Crippen LogP contribution in [0.25, 0.3) is 6.08 Å². The first-order valence-corrected chi connectivity index (χ1v) is 11.3. The van der Waals surface area contributed by atoms with E-state index in [9.17, 15) is 9.59 Å². The molecule has 0 radical (unpaired) electrons. The van der Waals surface area contributed by atoms with Crippen molar-refractivity contribution >= 4 is 23.4 Å². The first-order valence-electron chi connectivity index (χ1n) is 10.4. The van der Waals surface area contributed by atoms with Crippen LogP contribution < -0.4 is 24.4 Å². The molecule has 170 valence electrons. The number of methoxy groups -OCH3 is 2. The molecule has 2 heterocycles. The lowest BCUT2D eigenvalue weighted by Crippen LogP contribution is -2.39. The second kappa shape index (κ2) is 9.46. The molecule has 1 atom stereocenters. The minimum absolute atomic E-state index is 0.235. The maximum atomic E-state index is 13.6. The van der Waals surface area contributed by atoms with Crippen LogP contribution in [0.2, 0.25) is 0 Å². The van der Waals surface area contributed by atoms with E-state index in [1.165, 1.54) is 11.3 Å². The fourth-order valence-electron chi connectivity index (χ4n) is 3.82. The van der Waals surface area contributed by atoms with Crippen molar-refractivity contribution in [1.82, 2.24) is 4.57 Å². The number of fused-ring (bicyclic) bond motifs is 1. The third-order valence-electron chi connectivity index (χ3n) is 5.36. The van der Waals surface area contributed by atoms with Gasteiger partial charge in [-0.2, -0.15) is 0 Å². The molecule has 0 bridgehead atoms. The van der Waals surface area contributed by atoms with Gasteiger partial charge in [-0.3, -0.25) is 9.36 Å². The Labute approximate surface area is 194 Å². The Hall–Kier alpha value is -3.65. The van der Waals surface area contributed by atoms with Gasteiger partial charge in [-0.05, 0) is 37.6 Å². The van der Waals surface area contributed by atoms with Crippen molar-refractivity contribution in [3.05, 3.63) is 90.6 Å².